The second-order valence-corrected chi connectivity index (χ2v) is 7.24. The number of hydrogen-bond acceptors (Lipinski definition) is 4. The molecule has 0 spiro atoms. The van der Waals surface area contributed by atoms with Crippen LogP contribution in [-0.4, -0.2) is 26.7 Å². The summed E-state index contributed by atoms with van der Waals surface area (Å²) in [7, 11) is 0. The van der Waals surface area contributed by atoms with Crippen LogP contribution in [0.1, 0.15) is 61.5 Å². The first-order valence-corrected chi connectivity index (χ1v) is 9.19. The van der Waals surface area contributed by atoms with Crippen molar-refractivity contribution in [2.45, 2.75) is 70.9 Å². The van der Waals surface area contributed by atoms with E-state index in [-0.39, 0.29) is 0 Å². The van der Waals surface area contributed by atoms with Crippen LogP contribution in [-0.2, 0) is 11.2 Å². The predicted octanol–water partition coefficient (Wildman–Crippen LogP) is 2.92. The molecule has 4 N–H and O–H groups in total. The Hall–Kier alpha value is -1.92. The van der Waals surface area contributed by atoms with Crippen LogP contribution in [0, 0.1) is 13.8 Å². The van der Waals surface area contributed by atoms with E-state index in [1.165, 1.54) is 48.7 Å². The molecular weight excluding hydrogens is 316 g/mol. The van der Waals surface area contributed by atoms with Gasteiger partial charge in [0.25, 0.3) is 5.91 Å². The van der Waals surface area contributed by atoms with Crippen molar-refractivity contribution in [2.24, 2.45) is 5.73 Å². The van der Waals surface area contributed by atoms with Gasteiger partial charge < -0.3 is 10.3 Å². The highest BCUT2D eigenvalue weighted by Crippen LogP contribution is 2.33. The first-order chi connectivity index (χ1) is 12.0. The topological polar surface area (TPSA) is 93.2 Å². The van der Waals surface area contributed by atoms with Crippen LogP contribution in [0.2, 0.25) is 0 Å². The van der Waals surface area contributed by atoms with E-state index in [0.29, 0.717) is 18.9 Å². The van der Waals surface area contributed by atoms with E-state index in [1.807, 2.05) is 0 Å². The molecule has 1 aromatic heterocycles. The van der Waals surface area contributed by atoms with Gasteiger partial charge in [-0.1, -0.05) is 19.3 Å². The zero-order chi connectivity index (χ0) is 18.0. The Morgan fingerprint density at radius 3 is 2.68 bits per heavy atom. The van der Waals surface area contributed by atoms with Gasteiger partial charge in [-0.2, -0.15) is 0 Å². The molecule has 6 heteroatoms. The van der Waals surface area contributed by atoms with Crippen molar-refractivity contribution >= 4 is 16.9 Å². The van der Waals surface area contributed by atoms with E-state index >= 15 is 0 Å². The van der Waals surface area contributed by atoms with Gasteiger partial charge in [0, 0.05) is 12.5 Å². The smallest absolute Gasteiger partial charge is 0.260 e. The number of carbonyl (C=O) groups is 1. The van der Waals surface area contributed by atoms with Gasteiger partial charge in [0.1, 0.15) is 5.82 Å². The average molecular weight is 344 g/mol. The lowest BCUT2D eigenvalue weighted by Gasteiger charge is -2.26. The number of aromatic nitrogens is 2. The molecule has 1 saturated carbocycles. The highest BCUT2D eigenvalue weighted by atomic mass is 16.5. The quantitative estimate of drug-likeness (QED) is 0.574. The maximum Gasteiger partial charge on any atom is 0.260 e. The van der Waals surface area contributed by atoms with Crippen LogP contribution >= 0.6 is 0 Å². The van der Waals surface area contributed by atoms with E-state index in [4.69, 9.17) is 15.9 Å². The Morgan fingerprint density at radius 1 is 1.32 bits per heavy atom. The zero-order valence-corrected chi connectivity index (χ0v) is 15.1. The molecule has 136 valence electrons. The first-order valence-electron chi connectivity index (χ1n) is 9.19. The van der Waals surface area contributed by atoms with Crippen LogP contribution in [0.25, 0.3) is 11.0 Å². The van der Waals surface area contributed by atoms with Crippen molar-refractivity contribution in [1.29, 1.82) is 0 Å². The molecule has 0 aliphatic heterocycles. The lowest BCUT2D eigenvalue weighted by Crippen LogP contribution is -2.39. The second-order valence-electron chi connectivity index (χ2n) is 7.24. The summed E-state index contributed by atoms with van der Waals surface area (Å²) in [5.74, 6) is 0.445. The molecule has 0 radical (unpaired) electrons. The summed E-state index contributed by atoms with van der Waals surface area (Å²) in [5.41, 5.74) is 12.2. The van der Waals surface area contributed by atoms with E-state index in [0.717, 1.165) is 11.3 Å². The van der Waals surface area contributed by atoms with Gasteiger partial charge in [-0.05, 0) is 56.4 Å². The molecule has 1 fully saturated rings. The Kier molecular flexibility index (Phi) is 5.39. The lowest BCUT2D eigenvalue weighted by atomic mass is 9.94. The second kappa shape index (κ2) is 7.54. The number of rotatable bonds is 5. The monoisotopic (exact) mass is 344 g/mol. The van der Waals surface area contributed by atoms with Gasteiger partial charge in [-0.15, -0.1) is 0 Å². The fraction of sp³-hybridized carbons (Fsp3) is 0.579. The summed E-state index contributed by atoms with van der Waals surface area (Å²) in [6.07, 6.45) is 7.24. The number of benzene rings is 1. The van der Waals surface area contributed by atoms with Crippen molar-refractivity contribution in [2.75, 3.05) is 0 Å². The third-order valence-electron chi connectivity index (χ3n) is 5.44. The van der Waals surface area contributed by atoms with Crippen LogP contribution in [0.5, 0.6) is 0 Å². The summed E-state index contributed by atoms with van der Waals surface area (Å²) in [4.78, 5) is 16.3. The highest BCUT2D eigenvalue weighted by molar-refractivity contribution is 5.80. The molecule has 3 rings (SSSR count). The minimum absolute atomic E-state index is 0.459. The van der Waals surface area contributed by atoms with Gasteiger partial charge in [-0.3, -0.25) is 10.0 Å². The third kappa shape index (κ3) is 3.70. The normalized spacial score (nSPS) is 17.0. The number of aryl methyl sites for hydroxylation is 3. The van der Waals surface area contributed by atoms with Crippen LogP contribution in [0.4, 0.5) is 0 Å². The summed E-state index contributed by atoms with van der Waals surface area (Å²) in [6, 6.07) is 4.12. The molecule has 6 nitrogen and oxygen atoms in total. The molecule has 1 unspecified atom stereocenters. The summed E-state index contributed by atoms with van der Waals surface area (Å²) < 4.78 is 2.38. The minimum atomic E-state index is -0.729. The molecular formula is C19H28N4O2. The minimum Gasteiger partial charge on any atom is -0.325 e. The number of hydrogen-bond donors (Lipinski definition) is 3. The van der Waals surface area contributed by atoms with E-state index in [1.54, 1.807) is 5.48 Å². The molecule has 1 aliphatic carbocycles. The fourth-order valence-corrected chi connectivity index (χ4v) is 3.82. The van der Waals surface area contributed by atoms with E-state index in [9.17, 15) is 4.79 Å². The maximum atomic E-state index is 11.5. The number of imidazole rings is 1. The molecule has 0 saturated heterocycles. The van der Waals surface area contributed by atoms with Gasteiger partial charge >= 0.3 is 0 Å². The molecule has 1 aliphatic rings. The van der Waals surface area contributed by atoms with Crippen molar-refractivity contribution in [3.8, 4) is 0 Å². The van der Waals surface area contributed by atoms with E-state index < -0.39 is 11.9 Å². The largest absolute Gasteiger partial charge is 0.325 e. The lowest BCUT2D eigenvalue weighted by molar-refractivity contribution is -0.130. The van der Waals surface area contributed by atoms with Crippen molar-refractivity contribution in [3.05, 3.63) is 29.1 Å². The van der Waals surface area contributed by atoms with Gasteiger partial charge in [0.05, 0.1) is 17.1 Å². The number of carbonyl (C=O) groups excluding carboxylic acids is 1. The van der Waals surface area contributed by atoms with E-state index in [2.05, 4.69) is 30.5 Å². The molecule has 0 bridgehead atoms. The molecule has 25 heavy (non-hydrogen) atoms. The zero-order valence-electron chi connectivity index (χ0n) is 15.1. The molecule has 1 heterocycles. The maximum absolute atomic E-state index is 11.5. The number of fused-ring (bicyclic) bond motifs is 1. The average Bonchev–Trinajstić information content (AvgIpc) is 2.97. The third-order valence-corrected chi connectivity index (χ3v) is 5.44. The van der Waals surface area contributed by atoms with Gasteiger partial charge in [0.15, 0.2) is 0 Å². The number of nitrogens with one attached hydrogen (secondary N) is 1. The Labute approximate surface area is 148 Å². The van der Waals surface area contributed by atoms with Crippen LogP contribution < -0.4 is 11.2 Å². The fourth-order valence-electron chi connectivity index (χ4n) is 3.82. The standard InChI is InChI=1S/C19H28N4O2/c1-12-10-16-17(11-13(12)2)23(14-6-4-3-5-7-14)18(21-16)9-8-15(20)19(24)22-25/h10-11,14-15,25H,3-9,20H2,1-2H3,(H,22,24). The Morgan fingerprint density at radius 2 is 2.00 bits per heavy atom. The molecule has 2 aromatic rings. The Bertz CT molecular complexity index is 762. The summed E-state index contributed by atoms with van der Waals surface area (Å²) in [6.45, 7) is 4.24. The van der Waals surface area contributed by atoms with Crippen molar-refractivity contribution < 1.29 is 10.0 Å². The predicted molar refractivity (Wildman–Crippen MR) is 97.6 cm³/mol. The summed E-state index contributed by atoms with van der Waals surface area (Å²) in [5, 5.41) is 8.74. The molecule has 1 amide bonds. The van der Waals surface area contributed by atoms with Gasteiger partial charge in [0.2, 0.25) is 0 Å². The SMILES string of the molecule is Cc1cc2nc(CCC(N)C(=O)NO)n(C3CCCCC3)c2cc1C. The van der Waals surface area contributed by atoms with Crippen LogP contribution in [0.3, 0.4) is 0 Å². The summed E-state index contributed by atoms with van der Waals surface area (Å²) >= 11 is 0. The number of nitrogens with zero attached hydrogens (tertiary/aromatic N) is 2. The van der Waals surface area contributed by atoms with Gasteiger partial charge in [-0.25, -0.2) is 10.5 Å². The Balaban J connectivity index is 1.96. The van der Waals surface area contributed by atoms with Crippen molar-refractivity contribution in [3.63, 3.8) is 0 Å². The van der Waals surface area contributed by atoms with Crippen LogP contribution in [0.15, 0.2) is 12.1 Å². The van der Waals surface area contributed by atoms with Crippen molar-refractivity contribution in [1.82, 2.24) is 15.0 Å². The molecule has 1 atom stereocenters. The highest BCUT2D eigenvalue weighted by Gasteiger charge is 2.23. The number of amides is 1. The number of nitrogens with two attached hydrogens (primary N) is 1. The number of hydroxylamine groups is 1. The first kappa shape index (κ1) is 17.9. The molecule has 1 aromatic carbocycles.